The lowest BCUT2D eigenvalue weighted by molar-refractivity contribution is 0.0942. The molecule has 0 fully saturated rings. The van der Waals surface area contributed by atoms with Crippen molar-refractivity contribution in [2.24, 2.45) is 0 Å². The fraction of sp³-hybridized carbons (Fsp3) is 0.167. The van der Waals surface area contributed by atoms with E-state index in [0.29, 0.717) is 22.8 Å². The molecule has 126 valence electrons. The van der Waals surface area contributed by atoms with Crippen LogP contribution in [0.25, 0.3) is 5.70 Å². The zero-order valence-corrected chi connectivity index (χ0v) is 13.9. The lowest BCUT2D eigenvalue weighted by atomic mass is 10.1. The van der Waals surface area contributed by atoms with Crippen LogP contribution < -0.4 is 25.1 Å². The van der Waals surface area contributed by atoms with Crippen molar-refractivity contribution in [2.75, 3.05) is 21.3 Å². The molecular weight excluding hydrogens is 308 g/mol. The first-order valence-corrected chi connectivity index (χ1v) is 7.20. The Morgan fingerprint density at radius 3 is 2.04 bits per heavy atom. The average Bonchev–Trinajstić information content (AvgIpc) is 2.65. The van der Waals surface area contributed by atoms with Gasteiger partial charge in [-0.15, -0.1) is 0 Å². The van der Waals surface area contributed by atoms with Crippen LogP contribution in [0.15, 0.2) is 49.0 Å². The first-order valence-electron chi connectivity index (χ1n) is 7.20. The third-order valence-corrected chi connectivity index (χ3v) is 3.41. The van der Waals surface area contributed by atoms with Gasteiger partial charge in [0.25, 0.3) is 5.91 Å². The van der Waals surface area contributed by atoms with Gasteiger partial charge in [0.1, 0.15) is 5.75 Å². The highest BCUT2D eigenvalue weighted by atomic mass is 16.5. The van der Waals surface area contributed by atoms with Crippen LogP contribution in [-0.2, 0) is 0 Å². The third-order valence-electron chi connectivity index (χ3n) is 3.41. The van der Waals surface area contributed by atoms with Gasteiger partial charge in [-0.25, -0.2) is 0 Å². The molecule has 0 bridgehead atoms. The van der Waals surface area contributed by atoms with Gasteiger partial charge in [-0.3, -0.25) is 15.6 Å². The summed E-state index contributed by atoms with van der Waals surface area (Å²) in [6.07, 6.45) is 0. The second kappa shape index (κ2) is 7.92. The molecule has 0 spiro atoms. The van der Waals surface area contributed by atoms with Crippen molar-refractivity contribution < 1.29 is 19.0 Å². The molecule has 24 heavy (non-hydrogen) atoms. The van der Waals surface area contributed by atoms with E-state index in [1.165, 1.54) is 14.2 Å². The number of hydrogen-bond acceptors (Lipinski definition) is 5. The summed E-state index contributed by atoms with van der Waals surface area (Å²) >= 11 is 0. The summed E-state index contributed by atoms with van der Waals surface area (Å²) in [5.74, 6) is 1.48. The second-order valence-corrected chi connectivity index (χ2v) is 4.86. The molecule has 0 aromatic heterocycles. The zero-order valence-electron chi connectivity index (χ0n) is 13.9. The van der Waals surface area contributed by atoms with Gasteiger partial charge in [0, 0.05) is 5.56 Å². The highest BCUT2D eigenvalue weighted by molar-refractivity contribution is 5.95. The maximum Gasteiger partial charge on any atom is 0.269 e. The molecule has 0 aliphatic carbocycles. The normalized spacial score (nSPS) is 9.79. The van der Waals surface area contributed by atoms with Crippen LogP contribution in [0.3, 0.4) is 0 Å². The first-order chi connectivity index (χ1) is 11.6. The number of rotatable bonds is 7. The van der Waals surface area contributed by atoms with Gasteiger partial charge in [0.2, 0.25) is 0 Å². The van der Waals surface area contributed by atoms with Crippen LogP contribution in [0, 0.1) is 0 Å². The molecule has 0 aliphatic heterocycles. The van der Waals surface area contributed by atoms with Crippen molar-refractivity contribution in [3.63, 3.8) is 0 Å². The number of hydrazine groups is 1. The summed E-state index contributed by atoms with van der Waals surface area (Å²) < 4.78 is 15.4. The Bertz CT molecular complexity index is 726. The second-order valence-electron chi connectivity index (χ2n) is 4.86. The molecule has 2 aromatic rings. The predicted molar refractivity (Wildman–Crippen MR) is 92.2 cm³/mol. The van der Waals surface area contributed by atoms with E-state index in [1.54, 1.807) is 25.3 Å². The molecule has 2 rings (SSSR count). The fourth-order valence-electron chi connectivity index (χ4n) is 2.05. The van der Waals surface area contributed by atoms with Crippen molar-refractivity contribution in [3.05, 3.63) is 60.2 Å². The number of ether oxygens (including phenoxy) is 3. The van der Waals surface area contributed by atoms with E-state index in [9.17, 15) is 4.79 Å². The zero-order chi connectivity index (χ0) is 17.5. The van der Waals surface area contributed by atoms with Crippen LogP contribution in [0.4, 0.5) is 0 Å². The molecular formula is C18H20N2O4. The van der Waals surface area contributed by atoms with Crippen LogP contribution in [0.1, 0.15) is 15.9 Å². The minimum absolute atomic E-state index is 0.314. The highest BCUT2D eigenvalue weighted by Gasteiger charge is 2.11. The number of carbonyl (C=O) groups is 1. The van der Waals surface area contributed by atoms with Crippen molar-refractivity contribution in [1.29, 1.82) is 0 Å². The molecule has 0 saturated carbocycles. The van der Waals surface area contributed by atoms with Gasteiger partial charge in [0.05, 0.1) is 27.0 Å². The van der Waals surface area contributed by atoms with E-state index in [0.717, 1.165) is 11.3 Å². The molecule has 2 aromatic carbocycles. The monoisotopic (exact) mass is 328 g/mol. The Balaban J connectivity index is 2.00. The summed E-state index contributed by atoms with van der Waals surface area (Å²) in [7, 11) is 4.66. The van der Waals surface area contributed by atoms with Gasteiger partial charge in [-0.2, -0.15) is 0 Å². The van der Waals surface area contributed by atoms with E-state index in [2.05, 4.69) is 17.4 Å². The number of amides is 1. The number of nitrogens with one attached hydrogen (secondary N) is 2. The Labute approximate surface area is 141 Å². The van der Waals surface area contributed by atoms with Gasteiger partial charge in [0.15, 0.2) is 11.5 Å². The van der Waals surface area contributed by atoms with Gasteiger partial charge in [-0.1, -0.05) is 6.58 Å². The molecule has 6 heteroatoms. The first kappa shape index (κ1) is 17.2. The minimum atomic E-state index is -0.314. The summed E-state index contributed by atoms with van der Waals surface area (Å²) in [4.78, 5) is 12.2. The lowest BCUT2D eigenvalue weighted by Crippen LogP contribution is -2.35. The fourth-order valence-corrected chi connectivity index (χ4v) is 2.05. The molecule has 0 aliphatic rings. The van der Waals surface area contributed by atoms with Gasteiger partial charge in [-0.05, 0) is 48.0 Å². The Morgan fingerprint density at radius 1 is 0.833 bits per heavy atom. The van der Waals surface area contributed by atoms with Crippen LogP contribution in [0.5, 0.6) is 17.2 Å². The van der Waals surface area contributed by atoms with Gasteiger partial charge < -0.3 is 14.2 Å². The number of methoxy groups -OCH3 is 3. The largest absolute Gasteiger partial charge is 0.497 e. The Morgan fingerprint density at radius 2 is 1.46 bits per heavy atom. The predicted octanol–water partition coefficient (Wildman–Crippen LogP) is 2.62. The third kappa shape index (κ3) is 3.98. The molecule has 1 amide bonds. The number of benzene rings is 2. The standard InChI is InChI=1S/C18H20N2O4/c1-12(13-5-8-15(22-2)9-6-13)19-20-18(21)14-7-10-16(23-3)17(11-14)24-4/h5-11,19H,1H2,2-4H3,(H,20,21). The minimum Gasteiger partial charge on any atom is -0.497 e. The molecule has 0 radical (unpaired) electrons. The smallest absolute Gasteiger partial charge is 0.269 e. The van der Waals surface area contributed by atoms with Gasteiger partial charge >= 0.3 is 0 Å². The van der Waals surface area contributed by atoms with E-state index in [4.69, 9.17) is 14.2 Å². The highest BCUT2D eigenvalue weighted by Crippen LogP contribution is 2.27. The Kier molecular flexibility index (Phi) is 5.68. The number of carbonyl (C=O) groups excluding carboxylic acids is 1. The number of hydrogen-bond donors (Lipinski definition) is 2. The SMILES string of the molecule is C=C(NNC(=O)c1ccc(OC)c(OC)c1)c1ccc(OC)cc1. The molecule has 6 nitrogen and oxygen atoms in total. The molecule has 0 unspecified atom stereocenters. The summed E-state index contributed by atoms with van der Waals surface area (Å²) in [5, 5.41) is 0. The molecule has 0 atom stereocenters. The molecule has 0 saturated heterocycles. The van der Waals surface area contributed by atoms with E-state index >= 15 is 0 Å². The van der Waals surface area contributed by atoms with Crippen LogP contribution in [0.2, 0.25) is 0 Å². The average molecular weight is 328 g/mol. The van der Waals surface area contributed by atoms with E-state index in [1.807, 2.05) is 24.3 Å². The summed E-state index contributed by atoms with van der Waals surface area (Å²) in [5.41, 5.74) is 7.22. The van der Waals surface area contributed by atoms with Crippen molar-refractivity contribution in [1.82, 2.24) is 10.9 Å². The Hall–Kier alpha value is -3.15. The maximum atomic E-state index is 12.2. The molecule has 2 N–H and O–H groups in total. The van der Waals surface area contributed by atoms with Crippen molar-refractivity contribution in [3.8, 4) is 17.2 Å². The van der Waals surface area contributed by atoms with Crippen LogP contribution in [-0.4, -0.2) is 27.2 Å². The maximum absolute atomic E-state index is 12.2. The van der Waals surface area contributed by atoms with Crippen molar-refractivity contribution in [2.45, 2.75) is 0 Å². The van der Waals surface area contributed by atoms with Crippen molar-refractivity contribution >= 4 is 11.6 Å². The molecule has 0 heterocycles. The summed E-state index contributed by atoms with van der Waals surface area (Å²) in [6.45, 7) is 3.90. The van der Waals surface area contributed by atoms with E-state index < -0.39 is 0 Å². The van der Waals surface area contributed by atoms with Crippen LogP contribution >= 0.6 is 0 Å². The lowest BCUT2D eigenvalue weighted by Gasteiger charge is -2.13. The summed E-state index contributed by atoms with van der Waals surface area (Å²) in [6, 6.07) is 12.2. The quantitative estimate of drug-likeness (QED) is 0.765. The van der Waals surface area contributed by atoms with E-state index in [-0.39, 0.29) is 5.91 Å². The topological polar surface area (TPSA) is 68.8 Å².